The van der Waals surface area contributed by atoms with E-state index < -0.39 is 0 Å². The van der Waals surface area contributed by atoms with Crippen LogP contribution in [0.25, 0.3) is 11.4 Å². The van der Waals surface area contributed by atoms with Crippen LogP contribution in [-0.2, 0) is 17.8 Å². The van der Waals surface area contributed by atoms with Crippen molar-refractivity contribution >= 4 is 17.5 Å². The SMILES string of the molecule is O=C(NCCCc1ccc(F)cc1)C1CCN(Cc2nc(-c3ccc(Cl)cc3)no2)CC1. The molecule has 1 aliphatic rings. The summed E-state index contributed by atoms with van der Waals surface area (Å²) < 4.78 is 18.3. The summed E-state index contributed by atoms with van der Waals surface area (Å²) in [4.78, 5) is 19.2. The third-order valence-electron chi connectivity index (χ3n) is 5.74. The van der Waals surface area contributed by atoms with Gasteiger partial charge in [0.05, 0.1) is 6.54 Å². The number of rotatable bonds is 8. The fourth-order valence-corrected chi connectivity index (χ4v) is 4.01. The predicted molar refractivity (Wildman–Crippen MR) is 120 cm³/mol. The van der Waals surface area contributed by atoms with Crippen LogP contribution in [0.3, 0.4) is 0 Å². The molecule has 1 aliphatic heterocycles. The number of likely N-dealkylation sites (tertiary alicyclic amines) is 1. The predicted octanol–water partition coefficient (Wildman–Crippen LogP) is 4.49. The largest absolute Gasteiger partial charge is 0.356 e. The lowest BCUT2D eigenvalue weighted by atomic mass is 9.96. The number of aryl methyl sites for hydroxylation is 1. The fraction of sp³-hybridized carbons (Fsp3) is 0.375. The highest BCUT2D eigenvalue weighted by Crippen LogP contribution is 2.21. The van der Waals surface area contributed by atoms with Crippen molar-refractivity contribution in [1.29, 1.82) is 0 Å². The smallest absolute Gasteiger partial charge is 0.241 e. The van der Waals surface area contributed by atoms with Crippen molar-refractivity contribution < 1.29 is 13.7 Å². The van der Waals surface area contributed by atoms with E-state index in [2.05, 4.69) is 20.4 Å². The molecule has 2 aromatic carbocycles. The van der Waals surface area contributed by atoms with E-state index in [0.29, 0.717) is 29.8 Å². The number of carbonyl (C=O) groups is 1. The fourth-order valence-electron chi connectivity index (χ4n) is 3.88. The number of hydrogen-bond acceptors (Lipinski definition) is 5. The number of amides is 1. The zero-order valence-electron chi connectivity index (χ0n) is 17.8. The number of nitrogens with zero attached hydrogens (tertiary/aromatic N) is 3. The van der Waals surface area contributed by atoms with Crippen LogP contribution >= 0.6 is 11.6 Å². The minimum absolute atomic E-state index is 0.0318. The maximum atomic E-state index is 12.9. The first kappa shape index (κ1) is 22.4. The zero-order chi connectivity index (χ0) is 22.3. The summed E-state index contributed by atoms with van der Waals surface area (Å²) in [5.74, 6) is 1.04. The molecule has 0 aliphatic carbocycles. The molecule has 0 atom stereocenters. The summed E-state index contributed by atoms with van der Waals surface area (Å²) in [6.45, 7) is 2.83. The van der Waals surface area contributed by atoms with Gasteiger partial charge >= 0.3 is 0 Å². The van der Waals surface area contributed by atoms with Gasteiger partial charge in [0.1, 0.15) is 5.82 Å². The molecular formula is C24H26ClFN4O2. The van der Waals surface area contributed by atoms with E-state index in [9.17, 15) is 9.18 Å². The van der Waals surface area contributed by atoms with Crippen molar-refractivity contribution in [2.24, 2.45) is 5.92 Å². The van der Waals surface area contributed by atoms with Crippen molar-refractivity contribution in [2.45, 2.75) is 32.2 Å². The van der Waals surface area contributed by atoms with Gasteiger partial charge in [-0.15, -0.1) is 0 Å². The van der Waals surface area contributed by atoms with Crippen molar-refractivity contribution in [3.63, 3.8) is 0 Å². The van der Waals surface area contributed by atoms with Gasteiger partial charge in [0.25, 0.3) is 0 Å². The second-order valence-corrected chi connectivity index (χ2v) is 8.53. The lowest BCUT2D eigenvalue weighted by Gasteiger charge is -2.30. The molecule has 1 fully saturated rings. The third kappa shape index (κ3) is 6.14. The van der Waals surface area contributed by atoms with Crippen molar-refractivity contribution in [3.05, 3.63) is 70.8 Å². The Balaban J connectivity index is 1.17. The first-order chi connectivity index (χ1) is 15.6. The molecule has 6 nitrogen and oxygen atoms in total. The van der Waals surface area contributed by atoms with Gasteiger partial charge in [-0.1, -0.05) is 28.9 Å². The molecule has 2 heterocycles. The summed E-state index contributed by atoms with van der Waals surface area (Å²) in [5, 5.41) is 7.76. The number of aromatic nitrogens is 2. The van der Waals surface area contributed by atoms with Crippen LogP contribution in [0.2, 0.25) is 5.02 Å². The van der Waals surface area contributed by atoms with E-state index in [0.717, 1.165) is 49.9 Å². The van der Waals surface area contributed by atoms with Crippen LogP contribution in [0.5, 0.6) is 0 Å². The van der Waals surface area contributed by atoms with Crippen molar-refractivity contribution in [3.8, 4) is 11.4 Å². The first-order valence-electron chi connectivity index (χ1n) is 10.9. The van der Waals surface area contributed by atoms with E-state index in [4.69, 9.17) is 16.1 Å². The van der Waals surface area contributed by atoms with Gasteiger partial charge in [0, 0.05) is 23.0 Å². The van der Waals surface area contributed by atoms with Gasteiger partial charge in [0.15, 0.2) is 0 Å². The molecule has 1 N–H and O–H groups in total. The van der Waals surface area contributed by atoms with E-state index in [1.807, 2.05) is 12.1 Å². The van der Waals surface area contributed by atoms with Crippen LogP contribution in [0.1, 0.15) is 30.7 Å². The molecule has 4 rings (SSSR count). The zero-order valence-corrected chi connectivity index (χ0v) is 18.5. The van der Waals surface area contributed by atoms with E-state index in [1.165, 1.54) is 12.1 Å². The molecule has 0 saturated carbocycles. The molecule has 8 heteroatoms. The lowest BCUT2D eigenvalue weighted by Crippen LogP contribution is -2.40. The van der Waals surface area contributed by atoms with E-state index in [-0.39, 0.29) is 17.6 Å². The molecule has 0 radical (unpaired) electrons. The molecule has 3 aromatic rings. The number of carbonyl (C=O) groups excluding carboxylic acids is 1. The molecular weight excluding hydrogens is 431 g/mol. The molecule has 168 valence electrons. The highest BCUT2D eigenvalue weighted by atomic mass is 35.5. The molecule has 1 amide bonds. The Bertz CT molecular complexity index is 1020. The van der Waals surface area contributed by atoms with Crippen LogP contribution in [0.4, 0.5) is 4.39 Å². The molecule has 32 heavy (non-hydrogen) atoms. The van der Waals surface area contributed by atoms with Gasteiger partial charge in [-0.2, -0.15) is 4.98 Å². The summed E-state index contributed by atoms with van der Waals surface area (Å²) in [7, 11) is 0. The normalized spacial score (nSPS) is 15.1. The number of nitrogens with one attached hydrogen (secondary N) is 1. The Labute approximate surface area is 191 Å². The Morgan fingerprint density at radius 3 is 2.56 bits per heavy atom. The number of hydrogen-bond donors (Lipinski definition) is 1. The summed E-state index contributed by atoms with van der Waals surface area (Å²) in [6, 6.07) is 13.8. The molecule has 1 saturated heterocycles. The summed E-state index contributed by atoms with van der Waals surface area (Å²) >= 11 is 5.92. The Morgan fingerprint density at radius 2 is 1.84 bits per heavy atom. The Kier molecular flexibility index (Phi) is 7.50. The first-order valence-corrected chi connectivity index (χ1v) is 11.3. The van der Waals surface area contributed by atoms with Gasteiger partial charge < -0.3 is 9.84 Å². The van der Waals surface area contributed by atoms with Crippen molar-refractivity contribution in [2.75, 3.05) is 19.6 Å². The number of benzene rings is 2. The average Bonchev–Trinajstić information content (AvgIpc) is 3.27. The molecule has 0 unspecified atom stereocenters. The van der Waals surface area contributed by atoms with Crippen LogP contribution in [-0.4, -0.2) is 40.6 Å². The molecule has 0 bridgehead atoms. The minimum atomic E-state index is -0.227. The highest BCUT2D eigenvalue weighted by molar-refractivity contribution is 6.30. The maximum absolute atomic E-state index is 12.9. The van der Waals surface area contributed by atoms with Crippen LogP contribution < -0.4 is 5.32 Å². The molecule has 1 aromatic heterocycles. The quantitative estimate of drug-likeness (QED) is 0.506. The minimum Gasteiger partial charge on any atom is -0.356 e. The average molecular weight is 457 g/mol. The van der Waals surface area contributed by atoms with E-state index >= 15 is 0 Å². The third-order valence-corrected chi connectivity index (χ3v) is 5.99. The van der Waals surface area contributed by atoms with Crippen molar-refractivity contribution in [1.82, 2.24) is 20.4 Å². The molecule has 0 spiro atoms. The van der Waals surface area contributed by atoms with Gasteiger partial charge in [0.2, 0.25) is 17.6 Å². The highest BCUT2D eigenvalue weighted by Gasteiger charge is 2.25. The van der Waals surface area contributed by atoms with Crippen LogP contribution in [0.15, 0.2) is 53.1 Å². The second-order valence-electron chi connectivity index (χ2n) is 8.09. The second kappa shape index (κ2) is 10.7. The van der Waals surface area contributed by atoms with Gasteiger partial charge in [-0.05, 0) is 80.7 Å². The monoisotopic (exact) mass is 456 g/mol. The number of halogens is 2. The maximum Gasteiger partial charge on any atom is 0.241 e. The van der Waals surface area contributed by atoms with Gasteiger partial charge in [-0.3, -0.25) is 9.69 Å². The Morgan fingerprint density at radius 1 is 1.12 bits per heavy atom. The van der Waals surface area contributed by atoms with Gasteiger partial charge in [-0.25, -0.2) is 4.39 Å². The lowest BCUT2D eigenvalue weighted by molar-refractivity contribution is -0.126. The van der Waals surface area contributed by atoms with E-state index in [1.54, 1.807) is 24.3 Å². The topological polar surface area (TPSA) is 71.3 Å². The Hall–Kier alpha value is -2.77. The summed E-state index contributed by atoms with van der Waals surface area (Å²) in [6.07, 6.45) is 3.27. The van der Waals surface area contributed by atoms with Crippen LogP contribution in [0, 0.1) is 11.7 Å². The number of piperidine rings is 1. The summed E-state index contributed by atoms with van der Waals surface area (Å²) in [5.41, 5.74) is 1.94. The standard InChI is InChI=1S/C24H26ClFN4O2/c25-20-7-5-18(6-8-20)23-28-22(32-29-23)16-30-14-11-19(12-15-30)24(31)27-13-1-2-17-3-9-21(26)10-4-17/h3-10,19H,1-2,11-16H2,(H,27,31).